The van der Waals surface area contributed by atoms with Crippen LogP contribution in [0.25, 0.3) is 44.2 Å². The Morgan fingerprint density at radius 1 is 0.283 bits per heavy atom. The molecule has 4 aliphatic heterocycles. The number of carbonyl (C=O) groups excluding carboxylic acids is 2. The Labute approximate surface area is 688 Å². The van der Waals surface area contributed by atoms with Gasteiger partial charge in [-0.05, 0) is 179 Å². The summed E-state index contributed by atoms with van der Waals surface area (Å²) < 4.78 is 64.4. The number of carbonyl (C=O) groups is 2. The molecule has 0 fully saturated rings. The molecule has 612 valence electrons. The van der Waals surface area contributed by atoms with Crippen molar-refractivity contribution in [1.29, 1.82) is 0 Å². The van der Waals surface area contributed by atoms with E-state index in [2.05, 4.69) is 0 Å². The molecule has 120 heavy (non-hydrogen) atoms. The molecule has 0 amide bonds. The maximum absolute atomic E-state index is 12.6. The maximum Gasteiger partial charge on any atom is 0.200 e. The molecule has 18 rings (SSSR count). The predicted octanol–water partition coefficient (Wildman–Crippen LogP) is 17.1. The van der Waals surface area contributed by atoms with E-state index in [0.717, 1.165) is 56.4 Å². The normalized spacial score (nSPS) is 16.3. The maximum atomic E-state index is 12.6. The average Bonchev–Trinajstić information content (AvgIpc) is 0.822. The first-order valence-electron chi connectivity index (χ1n) is 37.7. The van der Waals surface area contributed by atoms with Gasteiger partial charge in [0.15, 0.2) is 22.4 Å². The van der Waals surface area contributed by atoms with E-state index in [1.165, 1.54) is 67.1 Å². The third-order valence-electron chi connectivity index (χ3n) is 20.6. The smallest absolute Gasteiger partial charge is 0.200 e. The third kappa shape index (κ3) is 19.1. The number of aliphatic hydroxyl groups is 2. The molecule has 24 nitrogen and oxygen atoms in total. The zero-order chi connectivity index (χ0) is 84.7. The van der Waals surface area contributed by atoms with Crippen LogP contribution in [0.4, 0.5) is 0 Å². The van der Waals surface area contributed by atoms with Crippen LogP contribution in [0.2, 0.25) is 0 Å². The zero-order valence-electron chi connectivity index (χ0n) is 65.8. The summed E-state index contributed by atoms with van der Waals surface area (Å²) in [5.74, 6) is 6.44. The first-order valence-corrected chi connectivity index (χ1v) is 37.7. The fraction of sp³-hybridized carbons (Fsp3) is 0.167. The highest BCUT2D eigenvalue weighted by Crippen LogP contribution is 2.45. The van der Waals surface area contributed by atoms with Crippen LogP contribution in [0.1, 0.15) is 90.0 Å². The summed E-state index contributed by atoms with van der Waals surface area (Å²) in [5.41, 5.74) is 9.23. The highest BCUT2D eigenvalue weighted by molar-refractivity contribution is 6.05. The molecule has 24 heteroatoms. The van der Waals surface area contributed by atoms with Crippen LogP contribution < -0.4 is 58.2 Å². The Hall–Kier alpha value is -14.9. The summed E-state index contributed by atoms with van der Waals surface area (Å²) in [7, 11) is 9.64. The van der Waals surface area contributed by atoms with Gasteiger partial charge < -0.3 is 97.1 Å². The van der Waals surface area contributed by atoms with Gasteiger partial charge in [0.05, 0.1) is 113 Å². The summed E-state index contributed by atoms with van der Waals surface area (Å²) in [4.78, 5) is 49.9. The predicted molar refractivity (Wildman–Crippen MR) is 448 cm³/mol. The molecule has 0 spiro atoms. The second-order valence-corrected chi connectivity index (χ2v) is 27.9. The Kier molecular flexibility index (Phi) is 26.2. The van der Waals surface area contributed by atoms with Gasteiger partial charge in [0, 0.05) is 59.4 Å². The van der Waals surface area contributed by atoms with Gasteiger partial charge in [-0.3, -0.25) is 19.2 Å². The minimum atomic E-state index is -0.686. The number of fused-ring (bicyclic) bond motifs is 6. The van der Waals surface area contributed by atoms with Crippen molar-refractivity contribution in [2.75, 3.05) is 69.1 Å². The van der Waals surface area contributed by atoms with Gasteiger partial charge >= 0.3 is 0 Å². The lowest BCUT2D eigenvalue weighted by atomic mass is 9.87. The van der Waals surface area contributed by atoms with Crippen molar-refractivity contribution >= 4 is 33.5 Å². The minimum absolute atomic E-state index is 0.0352. The molecule has 0 saturated carbocycles. The third-order valence-corrected chi connectivity index (χ3v) is 20.6. The number of methoxy groups -OCH3 is 6. The number of phenols is 6. The number of benzene rings is 12. The molecule has 2 aromatic heterocycles. The summed E-state index contributed by atoms with van der Waals surface area (Å²) in [5, 5.41) is 77.9. The molecule has 0 aliphatic carbocycles. The Morgan fingerprint density at radius 3 is 1.07 bits per heavy atom. The van der Waals surface area contributed by atoms with Crippen molar-refractivity contribution < 1.29 is 107 Å². The van der Waals surface area contributed by atoms with Crippen molar-refractivity contribution in [1.82, 2.24) is 0 Å². The first kappa shape index (κ1) is 83.1. The number of ketones is 2. The van der Waals surface area contributed by atoms with E-state index in [-0.39, 0.29) is 87.2 Å². The number of hydrogen-bond donors (Lipinski definition) is 8. The number of aliphatic hydroxyl groups excluding tert-OH is 2. The molecule has 0 radical (unpaired) electrons. The van der Waals surface area contributed by atoms with Crippen LogP contribution in [0.15, 0.2) is 286 Å². The quantitative estimate of drug-likeness (QED) is 0.0563. The standard InChI is InChI=1S/C17H18O4.C17H16O4.C17H14O4.C15H14O4.C15H12O4.C15H10O4/c3*1-19-12-5-3-11(4-6-12)15-10-21-16-9-13(20-2)7-8-14(16)17(15)18;3*16-10-3-1-9(2-4-10)13-8-19-14-7-11(17)5-6-12(14)15(13)18/h3-9,15,17-18H,10H2,1-2H3;3-9,15H,10H2,1-2H3;3-10H,1-2H3;1-7,13,15-18H,8H2;1-7,13,16-17H,8H2;1-8,16-17H. The fourth-order valence-corrected chi connectivity index (χ4v) is 13.9. The van der Waals surface area contributed by atoms with Gasteiger partial charge in [0.2, 0.25) is 0 Å². The van der Waals surface area contributed by atoms with E-state index < -0.39 is 12.2 Å². The van der Waals surface area contributed by atoms with Crippen LogP contribution >= 0.6 is 0 Å². The summed E-state index contributed by atoms with van der Waals surface area (Å²) in [6.45, 7) is 1.35. The average molecular weight is 1620 g/mol. The monoisotopic (exact) mass is 1620 g/mol. The van der Waals surface area contributed by atoms with Gasteiger partial charge in [-0.2, -0.15) is 0 Å². The zero-order valence-corrected chi connectivity index (χ0v) is 65.8. The molecule has 12 aromatic carbocycles. The molecule has 8 N–H and O–H groups in total. The molecule has 6 unspecified atom stereocenters. The molecule has 14 aromatic rings. The number of Topliss-reactive ketones (excluding diaryl/α,β-unsaturated/α-hetero) is 2. The Bertz CT molecular complexity index is 6050. The number of ether oxygens (including phenoxy) is 10. The van der Waals surface area contributed by atoms with Crippen molar-refractivity contribution in [3.05, 3.63) is 332 Å². The molecular weight excluding hydrogens is 1540 g/mol. The summed E-state index contributed by atoms with van der Waals surface area (Å²) >= 11 is 0. The van der Waals surface area contributed by atoms with Crippen molar-refractivity contribution in [2.24, 2.45) is 0 Å². The topological polar surface area (TPSA) is 349 Å². The van der Waals surface area contributed by atoms with E-state index in [0.29, 0.717) is 110 Å². The van der Waals surface area contributed by atoms with Crippen molar-refractivity contribution in [3.8, 4) is 114 Å². The highest BCUT2D eigenvalue weighted by atomic mass is 16.5. The second kappa shape index (κ2) is 37.8. The van der Waals surface area contributed by atoms with Crippen LogP contribution in [0, 0.1) is 0 Å². The number of hydrogen-bond acceptors (Lipinski definition) is 24. The van der Waals surface area contributed by atoms with E-state index in [1.807, 2.05) is 91.0 Å². The molecule has 0 bridgehead atoms. The SMILES string of the molecule is COc1ccc(-c2coc3cc(OC)ccc3c2=O)cc1.COc1ccc(C2COc3cc(OC)ccc3C2=O)cc1.COc1ccc(C2COc3cc(OC)ccc3C2O)cc1.O=C1c2ccc(O)cc2OCC1c1ccc(O)cc1.O=c1c(-c2ccc(O)cc2)coc2cc(O)ccc12.Oc1ccc(C2COc3cc(O)ccc3C2O)cc1. The lowest BCUT2D eigenvalue weighted by molar-refractivity contribution is 0.0883. The molecule has 6 atom stereocenters. The summed E-state index contributed by atoms with van der Waals surface area (Å²) in [6.07, 6.45) is 1.56. The van der Waals surface area contributed by atoms with Gasteiger partial charge in [-0.1, -0.05) is 72.8 Å². The number of phenolic OH excluding ortho intramolecular Hbond substituents is 6. The van der Waals surface area contributed by atoms with Crippen molar-refractivity contribution in [3.63, 3.8) is 0 Å². The van der Waals surface area contributed by atoms with Gasteiger partial charge in [-0.25, -0.2) is 0 Å². The minimum Gasteiger partial charge on any atom is -0.508 e. The molecule has 4 aliphatic rings. The largest absolute Gasteiger partial charge is 0.508 e. The van der Waals surface area contributed by atoms with Gasteiger partial charge in [0.25, 0.3) is 0 Å². The lowest BCUT2D eigenvalue weighted by Gasteiger charge is -2.30. The Balaban J connectivity index is 0.000000125. The lowest BCUT2D eigenvalue weighted by Crippen LogP contribution is -2.26. The highest BCUT2D eigenvalue weighted by Gasteiger charge is 2.35. The van der Waals surface area contributed by atoms with Gasteiger partial charge in [-0.15, -0.1) is 0 Å². The van der Waals surface area contributed by atoms with E-state index >= 15 is 0 Å². The molecule has 0 saturated heterocycles. The van der Waals surface area contributed by atoms with Crippen LogP contribution in [-0.4, -0.2) is 122 Å². The number of rotatable bonds is 12. The molecular formula is C96H84O24. The Morgan fingerprint density at radius 2 is 0.583 bits per heavy atom. The second-order valence-electron chi connectivity index (χ2n) is 27.9. The van der Waals surface area contributed by atoms with E-state index in [1.54, 1.807) is 152 Å². The van der Waals surface area contributed by atoms with E-state index in [9.17, 15) is 60.0 Å². The van der Waals surface area contributed by atoms with Crippen LogP contribution in [0.3, 0.4) is 0 Å². The van der Waals surface area contributed by atoms with Crippen LogP contribution in [0.5, 0.6) is 92.0 Å². The fourth-order valence-electron chi connectivity index (χ4n) is 13.9. The first-order chi connectivity index (χ1) is 58.1. The summed E-state index contributed by atoms with van der Waals surface area (Å²) in [6, 6.07) is 71.6. The van der Waals surface area contributed by atoms with Crippen molar-refractivity contribution in [2.45, 2.75) is 35.9 Å². The molecule has 6 heterocycles. The number of aromatic hydroxyl groups is 6. The van der Waals surface area contributed by atoms with Gasteiger partial charge in [0.1, 0.15) is 129 Å². The van der Waals surface area contributed by atoms with E-state index in [4.69, 9.17) is 56.2 Å². The van der Waals surface area contributed by atoms with Crippen LogP contribution in [-0.2, 0) is 0 Å².